The van der Waals surface area contributed by atoms with Gasteiger partial charge in [0.1, 0.15) is 0 Å². The number of piperidine rings is 1. The van der Waals surface area contributed by atoms with Crippen LogP contribution in [0.4, 0.5) is 0 Å². The van der Waals surface area contributed by atoms with Gasteiger partial charge in [-0.2, -0.15) is 0 Å². The first-order valence-corrected chi connectivity index (χ1v) is 8.43. The Balaban J connectivity index is 0.00000484. The highest BCUT2D eigenvalue weighted by molar-refractivity contribution is 14.0. The Hall–Kier alpha value is -0.570. The number of nitrogens with one attached hydrogen (secondary N) is 2. The van der Waals surface area contributed by atoms with Crippen molar-refractivity contribution in [3.8, 4) is 0 Å². The predicted molar refractivity (Wildman–Crippen MR) is 108 cm³/mol. The van der Waals surface area contributed by atoms with Gasteiger partial charge in [-0.15, -0.1) is 24.0 Å². The molecule has 1 aliphatic heterocycles. The van der Waals surface area contributed by atoms with Gasteiger partial charge in [0.2, 0.25) is 5.91 Å². The summed E-state index contributed by atoms with van der Waals surface area (Å²) in [7, 11) is 3.55. The van der Waals surface area contributed by atoms with Gasteiger partial charge in [-0.25, -0.2) is 0 Å². The molecule has 0 aromatic carbocycles. The highest BCUT2D eigenvalue weighted by atomic mass is 127. The molecule has 0 spiro atoms. The molecule has 1 fully saturated rings. The molecule has 0 unspecified atom stereocenters. The number of rotatable bonds is 6. The standard InChI is InChI=1S/C16H33N5O.HI/c1-6-17-16(18-10-7-15(22)20(4)5)19-14-8-11-21(12-9-14)13(2)3;/h13-14H,6-12H2,1-5H3,(H2,17,18,19);1H. The normalized spacial score (nSPS) is 16.9. The second kappa shape index (κ2) is 11.9. The van der Waals surface area contributed by atoms with Gasteiger partial charge in [-0.3, -0.25) is 9.79 Å². The van der Waals surface area contributed by atoms with Crippen molar-refractivity contribution in [2.75, 3.05) is 40.3 Å². The van der Waals surface area contributed by atoms with Crippen molar-refractivity contribution in [2.45, 2.75) is 52.1 Å². The fraction of sp³-hybridized carbons (Fsp3) is 0.875. The highest BCUT2D eigenvalue weighted by Gasteiger charge is 2.21. The number of halogens is 1. The molecule has 7 heteroatoms. The summed E-state index contributed by atoms with van der Waals surface area (Å²) in [4.78, 5) is 20.2. The number of guanidine groups is 1. The van der Waals surface area contributed by atoms with E-state index in [2.05, 4.69) is 41.3 Å². The summed E-state index contributed by atoms with van der Waals surface area (Å²) in [6, 6.07) is 1.09. The summed E-state index contributed by atoms with van der Waals surface area (Å²) in [5.41, 5.74) is 0. The van der Waals surface area contributed by atoms with Gasteiger partial charge in [-0.05, 0) is 33.6 Å². The summed E-state index contributed by atoms with van der Waals surface area (Å²) in [6.45, 7) is 10.2. The van der Waals surface area contributed by atoms with Crippen molar-refractivity contribution in [3.63, 3.8) is 0 Å². The number of hydrogen-bond donors (Lipinski definition) is 2. The summed E-state index contributed by atoms with van der Waals surface area (Å²) in [5.74, 6) is 0.946. The maximum Gasteiger partial charge on any atom is 0.223 e. The van der Waals surface area contributed by atoms with Gasteiger partial charge >= 0.3 is 0 Å². The lowest BCUT2D eigenvalue weighted by molar-refractivity contribution is -0.128. The molecule has 0 aromatic heterocycles. The third-order valence-electron chi connectivity index (χ3n) is 4.04. The van der Waals surface area contributed by atoms with Crippen LogP contribution in [0.15, 0.2) is 4.99 Å². The Morgan fingerprint density at radius 3 is 2.39 bits per heavy atom. The molecule has 1 saturated heterocycles. The smallest absolute Gasteiger partial charge is 0.223 e. The molecule has 1 rings (SSSR count). The van der Waals surface area contributed by atoms with E-state index in [-0.39, 0.29) is 29.9 Å². The van der Waals surface area contributed by atoms with Crippen LogP contribution in [0.2, 0.25) is 0 Å². The van der Waals surface area contributed by atoms with Gasteiger partial charge in [0, 0.05) is 52.2 Å². The Kier molecular flexibility index (Phi) is 11.6. The molecular formula is C16H34IN5O. The minimum Gasteiger partial charge on any atom is -0.357 e. The summed E-state index contributed by atoms with van der Waals surface area (Å²) in [5, 5.41) is 6.77. The largest absolute Gasteiger partial charge is 0.357 e. The molecule has 23 heavy (non-hydrogen) atoms. The van der Waals surface area contributed by atoms with Crippen LogP contribution in [0.1, 0.15) is 40.0 Å². The Labute approximate surface area is 158 Å². The van der Waals surface area contributed by atoms with Crippen molar-refractivity contribution in [1.29, 1.82) is 0 Å². The van der Waals surface area contributed by atoms with Crippen molar-refractivity contribution in [1.82, 2.24) is 20.4 Å². The first kappa shape index (κ1) is 22.4. The number of amides is 1. The summed E-state index contributed by atoms with van der Waals surface area (Å²) < 4.78 is 0. The molecule has 136 valence electrons. The van der Waals surface area contributed by atoms with Crippen LogP contribution in [0, 0.1) is 0 Å². The van der Waals surface area contributed by atoms with Crippen molar-refractivity contribution >= 4 is 35.8 Å². The number of nitrogens with zero attached hydrogens (tertiary/aromatic N) is 3. The first-order chi connectivity index (χ1) is 10.4. The number of aliphatic imine (C=N–C) groups is 1. The average molecular weight is 439 g/mol. The molecule has 0 aliphatic carbocycles. The van der Waals surface area contributed by atoms with E-state index in [1.807, 2.05) is 0 Å². The van der Waals surface area contributed by atoms with Crippen LogP contribution < -0.4 is 10.6 Å². The maximum absolute atomic E-state index is 11.6. The lowest BCUT2D eigenvalue weighted by Crippen LogP contribution is -2.49. The van der Waals surface area contributed by atoms with E-state index in [1.54, 1.807) is 19.0 Å². The van der Waals surface area contributed by atoms with E-state index in [0.717, 1.165) is 38.4 Å². The van der Waals surface area contributed by atoms with Gasteiger partial charge in [0.15, 0.2) is 5.96 Å². The van der Waals surface area contributed by atoms with E-state index in [0.29, 0.717) is 25.0 Å². The zero-order valence-electron chi connectivity index (χ0n) is 15.3. The third-order valence-corrected chi connectivity index (χ3v) is 4.04. The van der Waals surface area contributed by atoms with Crippen LogP contribution in [-0.4, -0.2) is 74.0 Å². The van der Waals surface area contributed by atoms with E-state index in [9.17, 15) is 4.79 Å². The molecule has 0 aromatic rings. The molecular weight excluding hydrogens is 405 g/mol. The Bertz CT molecular complexity index is 365. The Morgan fingerprint density at radius 2 is 1.91 bits per heavy atom. The number of carbonyl (C=O) groups is 1. The minimum absolute atomic E-state index is 0. The van der Waals surface area contributed by atoms with Crippen molar-refractivity contribution in [2.24, 2.45) is 4.99 Å². The monoisotopic (exact) mass is 439 g/mol. The van der Waals surface area contributed by atoms with E-state index >= 15 is 0 Å². The van der Waals surface area contributed by atoms with E-state index < -0.39 is 0 Å². The first-order valence-electron chi connectivity index (χ1n) is 8.43. The molecule has 0 bridgehead atoms. The average Bonchev–Trinajstić information content (AvgIpc) is 2.47. The second-order valence-corrected chi connectivity index (χ2v) is 6.35. The minimum atomic E-state index is 0. The van der Waals surface area contributed by atoms with E-state index in [4.69, 9.17) is 0 Å². The molecule has 1 amide bonds. The van der Waals surface area contributed by atoms with Gasteiger partial charge in [0.25, 0.3) is 0 Å². The topological polar surface area (TPSA) is 60.0 Å². The lowest BCUT2D eigenvalue weighted by atomic mass is 10.0. The number of hydrogen-bond acceptors (Lipinski definition) is 3. The maximum atomic E-state index is 11.6. The zero-order valence-corrected chi connectivity index (χ0v) is 17.6. The molecule has 1 aliphatic rings. The predicted octanol–water partition coefficient (Wildman–Crippen LogP) is 1.51. The summed E-state index contributed by atoms with van der Waals surface area (Å²) in [6.07, 6.45) is 2.73. The molecule has 2 N–H and O–H groups in total. The van der Waals surface area contributed by atoms with Crippen LogP contribution in [0.25, 0.3) is 0 Å². The quantitative estimate of drug-likeness (QED) is 0.374. The molecule has 0 atom stereocenters. The second-order valence-electron chi connectivity index (χ2n) is 6.35. The highest BCUT2D eigenvalue weighted by Crippen LogP contribution is 2.12. The van der Waals surface area contributed by atoms with E-state index in [1.165, 1.54) is 0 Å². The summed E-state index contributed by atoms with van der Waals surface area (Å²) >= 11 is 0. The van der Waals surface area contributed by atoms with Crippen LogP contribution in [0.3, 0.4) is 0 Å². The third kappa shape index (κ3) is 8.74. The fourth-order valence-corrected chi connectivity index (χ4v) is 2.56. The Morgan fingerprint density at radius 1 is 1.30 bits per heavy atom. The van der Waals surface area contributed by atoms with Crippen LogP contribution in [-0.2, 0) is 4.79 Å². The number of carbonyl (C=O) groups excluding carboxylic acids is 1. The SMILES string of the molecule is CCNC(=NCCC(=O)N(C)C)NC1CCN(C(C)C)CC1.I. The zero-order chi connectivity index (χ0) is 16.5. The molecule has 0 radical (unpaired) electrons. The van der Waals surface area contributed by atoms with Crippen molar-refractivity contribution in [3.05, 3.63) is 0 Å². The molecule has 0 saturated carbocycles. The van der Waals surface area contributed by atoms with Gasteiger partial charge < -0.3 is 20.4 Å². The molecule has 1 heterocycles. The number of likely N-dealkylation sites (tertiary alicyclic amines) is 1. The van der Waals surface area contributed by atoms with Crippen LogP contribution >= 0.6 is 24.0 Å². The molecule has 6 nitrogen and oxygen atoms in total. The van der Waals surface area contributed by atoms with Crippen molar-refractivity contribution < 1.29 is 4.79 Å². The van der Waals surface area contributed by atoms with Gasteiger partial charge in [-0.1, -0.05) is 0 Å². The fourth-order valence-electron chi connectivity index (χ4n) is 2.56. The lowest BCUT2D eigenvalue weighted by Gasteiger charge is -2.35. The van der Waals surface area contributed by atoms with Crippen LogP contribution in [0.5, 0.6) is 0 Å². The van der Waals surface area contributed by atoms with Gasteiger partial charge in [0.05, 0.1) is 6.54 Å².